The Labute approximate surface area is 102 Å². The number of ketones is 1. The van der Waals surface area contributed by atoms with E-state index < -0.39 is 0 Å². The van der Waals surface area contributed by atoms with Crippen molar-refractivity contribution in [1.82, 2.24) is 0 Å². The van der Waals surface area contributed by atoms with Crippen LogP contribution in [0.25, 0.3) is 0 Å². The normalized spacial score (nSPS) is 25.9. The van der Waals surface area contributed by atoms with Crippen LogP contribution in [0.5, 0.6) is 0 Å². The predicted octanol–water partition coefficient (Wildman–Crippen LogP) is 4.08. The predicted molar refractivity (Wildman–Crippen MR) is 68.8 cm³/mol. The fourth-order valence-corrected chi connectivity index (χ4v) is 3.35. The SMILES string of the molecule is CCC1CCC(=O)C(CCc2cccs2)C1. The number of Topliss-reactive ketones (excluding diaryl/α,β-unsaturated/α-hetero) is 1. The molecule has 1 saturated carbocycles. The number of carbonyl (C=O) groups excluding carboxylic acids is 1. The molecule has 1 aromatic rings. The standard InChI is InChI=1S/C14H20OS/c1-2-11-5-8-14(15)12(10-11)6-7-13-4-3-9-16-13/h3-4,9,11-12H,2,5-8,10H2,1H3. The summed E-state index contributed by atoms with van der Waals surface area (Å²) in [6.45, 7) is 2.25. The monoisotopic (exact) mass is 236 g/mol. The Morgan fingerprint density at radius 3 is 3.06 bits per heavy atom. The van der Waals surface area contributed by atoms with E-state index in [4.69, 9.17) is 0 Å². The first-order valence-corrected chi connectivity index (χ1v) is 7.22. The molecule has 16 heavy (non-hydrogen) atoms. The lowest BCUT2D eigenvalue weighted by atomic mass is 9.77. The molecule has 0 radical (unpaired) electrons. The average molecular weight is 236 g/mol. The van der Waals surface area contributed by atoms with Gasteiger partial charge in [0.05, 0.1) is 0 Å². The van der Waals surface area contributed by atoms with Crippen molar-refractivity contribution < 1.29 is 4.79 Å². The van der Waals surface area contributed by atoms with Crippen molar-refractivity contribution in [3.63, 3.8) is 0 Å². The second kappa shape index (κ2) is 5.62. The second-order valence-electron chi connectivity index (χ2n) is 4.83. The molecule has 0 aliphatic heterocycles. The first kappa shape index (κ1) is 11.8. The van der Waals surface area contributed by atoms with E-state index in [9.17, 15) is 4.79 Å². The minimum absolute atomic E-state index is 0.348. The molecule has 0 saturated heterocycles. The Morgan fingerprint density at radius 2 is 2.38 bits per heavy atom. The minimum atomic E-state index is 0.348. The molecule has 1 aromatic heterocycles. The molecule has 2 unspecified atom stereocenters. The van der Waals surface area contributed by atoms with Gasteiger partial charge in [-0.1, -0.05) is 19.4 Å². The maximum Gasteiger partial charge on any atom is 0.136 e. The first-order valence-electron chi connectivity index (χ1n) is 6.34. The summed E-state index contributed by atoms with van der Waals surface area (Å²) in [7, 11) is 0. The van der Waals surface area contributed by atoms with Crippen LogP contribution < -0.4 is 0 Å². The van der Waals surface area contributed by atoms with Crippen molar-refractivity contribution in [2.75, 3.05) is 0 Å². The van der Waals surface area contributed by atoms with Gasteiger partial charge >= 0.3 is 0 Å². The lowest BCUT2D eigenvalue weighted by Gasteiger charge is -2.27. The first-order chi connectivity index (χ1) is 7.79. The lowest BCUT2D eigenvalue weighted by molar-refractivity contribution is -0.125. The summed E-state index contributed by atoms with van der Waals surface area (Å²) in [5, 5.41) is 2.12. The zero-order valence-electron chi connectivity index (χ0n) is 9.95. The van der Waals surface area contributed by atoms with Gasteiger partial charge in [-0.15, -0.1) is 11.3 Å². The number of thiophene rings is 1. The fraction of sp³-hybridized carbons (Fsp3) is 0.643. The molecule has 2 rings (SSSR count). The number of hydrogen-bond acceptors (Lipinski definition) is 2. The Bertz CT molecular complexity index is 329. The Morgan fingerprint density at radius 1 is 1.50 bits per heavy atom. The third-order valence-corrected chi connectivity index (χ3v) is 4.71. The largest absolute Gasteiger partial charge is 0.299 e. The highest BCUT2D eigenvalue weighted by Crippen LogP contribution is 2.31. The quantitative estimate of drug-likeness (QED) is 0.770. The van der Waals surface area contributed by atoms with Crippen molar-refractivity contribution in [1.29, 1.82) is 0 Å². The van der Waals surface area contributed by atoms with Crippen LogP contribution in [0.3, 0.4) is 0 Å². The molecule has 1 aliphatic rings. The summed E-state index contributed by atoms with van der Waals surface area (Å²) >= 11 is 1.81. The van der Waals surface area contributed by atoms with Gasteiger partial charge in [-0.05, 0) is 43.0 Å². The smallest absolute Gasteiger partial charge is 0.136 e. The van der Waals surface area contributed by atoms with E-state index in [1.165, 1.54) is 11.3 Å². The molecule has 0 spiro atoms. The molecule has 0 amide bonds. The van der Waals surface area contributed by atoms with E-state index in [0.29, 0.717) is 11.7 Å². The fourth-order valence-electron chi connectivity index (χ4n) is 2.62. The second-order valence-corrected chi connectivity index (χ2v) is 5.86. The van der Waals surface area contributed by atoms with Gasteiger partial charge in [0.1, 0.15) is 5.78 Å². The highest BCUT2D eigenvalue weighted by Gasteiger charge is 2.27. The summed E-state index contributed by atoms with van der Waals surface area (Å²) < 4.78 is 0. The van der Waals surface area contributed by atoms with Gasteiger partial charge in [0.25, 0.3) is 0 Å². The molecular formula is C14H20OS. The van der Waals surface area contributed by atoms with Crippen LogP contribution in [0.2, 0.25) is 0 Å². The lowest BCUT2D eigenvalue weighted by Crippen LogP contribution is -2.25. The summed E-state index contributed by atoms with van der Waals surface area (Å²) in [5.41, 5.74) is 0. The van der Waals surface area contributed by atoms with Gasteiger partial charge in [-0.25, -0.2) is 0 Å². The van der Waals surface area contributed by atoms with Crippen molar-refractivity contribution in [3.05, 3.63) is 22.4 Å². The van der Waals surface area contributed by atoms with E-state index in [1.807, 2.05) is 11.3 Å². The molecule has 0 aromatic carbocycles. The van der Waals surface area contributed by atoms with E-state index in [1.54, 1.807) is 0 Å². The summed E-state index contributed by atoms with van der Waals surface area (Å²) in [6.07, 6.45) is 6.49. The molecule has 1 aliphatic carbocycles. The van der Waals surface area contributed by atoms with Gasteiger partial charge in [-0.2, -0.15) is 0 Å². The third kappa shape index (κ3) is 2.94. The summed E-state index contributed by atoms with van der Waals surface area (Å²) in [4.78, 5) is 13.2. The van der Waals surface area contributed by atoms with Crippen LogP contribution in [-0.4, -0.2) is 5.78 Å². The number of carbonyl (C=O) groups is 1. The number of rotatable bonds is 4. The van der Waals surface area contributed by atoms with E-state index >= 15 is 0 Å². The van der Waals surface area contributed by atoms with Gasteiger partial charge in [0.2, 0.25) is 0 Å². The van der Waals surface area contributed by atoms with Crippen molar-refractivity contribution in [3.8, 4) is 0 Å². The maximum atomic E-state index is 11.8. The molecule has 2 atom stereocenters. The molecule has 1 fully saturated rings. The van der Waals surface area contributed by atoms with E-state index in [2.05, 4.69) is 24.4 Å². The van der Waals surface area contributed by atoms with Crippen molar-refractivity contribution >= 4 is 17.1 Å². The topological polar surface area (TPSA) is 17.1 Å². The molecule has 0 N–H and O–H groups in total. The van der Waals surface area contributed by atoms with Gasteiger partial charge in [0.15, 0.2) is 0 Å². The molecule has 1 heterocycles. The van der Waals surface area contributed by atoms with Crippen LogP contribution in [-0.2, 0) is 11.2 Å². The van der Waals surface area contributed by atoms with Crippen LogP contribution in [0.4, 0.5) is 0 Å². The van der Waals surface area contributed by atoms with Gasteiger partial charge < -0.3 is 0 Å². The van der Waals surface area contributed by atoms with Gasteiger partial charge in [0, 0.05) is 17.2 Å². The van der Waals surface area contributed by atoms with Crippen LogP contribution >= 0.6 is 11.3 Å². The number of hydrogen-bond donors (Lipinski definition) is 0. The Kier molecular flexibility index (Phi) is 4.16. The minimum Gasteiger partial charge on any atom is -0.299 e. The highest BCUT2D eigenvalue weighted by molar-refractivity contribution is 7.09. The molecule has 1 nitrogen and oxygen atoms in total. The Hall–Kier alpha value is -0.630. The highest BCUT2D eigenvalue weighted by atomic mass is 32.1. The molecule has 88 valence electrons. The van der Waals surface area contributed by atoms with Gasteiger partial charge in [-0.3, -0.25) is 4.79 Å². The molecule has 0 bridgehead atoms. The Balaban J connectivity index is 1.85. The zero-order chi connectivity index (χ0) is 11.4. The molecule has 2 heteroatoms. The summed E-state index contributed by atoms with van der Waals surface area (Å²) in [5.74, 6) is 1.66. The van der Waals surface area contributed by atoms with Crippen LogP contribution in [0.1, 0.15) is 43.9 Å². The van der Waals surface area contributed by atoms with Crippen LogP contribution in [0, 0.1) is 11.8 Å². The van der Waals surface area contributed by atoms with E-state index in [-0.39, 0.29) is 0 Å². The van der Waals surface area contributed by atoms with E-state index in [0.717, 1.165) is 38.0 Å². The van der Waals surface area contributed by atoms with Crippen molar-refractivity contribution in [2.45, 2.75) is 45.4 Å². The number of aryl methyl sites for hydroxylation is 1. The van der Waals surface area contributed by atoms with Crippen LogP contribution in [0.15, 0.2) is 17.5 Å². The molecular weight excluding hydrogens is 216 g/mol. The maximum absolute atomic E-state index is 11.8. The third-order valence-electron chi connectivity index (χ3n) is 3.77. The average Bonchev–Trinajstić information content (AvgIpc) is 2.81. The summed E-state index contributed by atoms with van der Waals surface area (Å²) in [6, 6.07) is 4.27. The zero-order valence-corrected chi connectivity index (χ0v) is 10.8. The van der Waals surface area contributed by atoms with Crippen molar-refractivity contribution in [2.24, 2.45) is 11.8 Å².